The molecule has 0 radical (unpaired) electrons. The van der Waals surface area contributed by atoms with Crippen molar-refractivity contribution < 1.29 is 22.3 Å². The summed E-state index contributed by atoms with van der Waals surface area (Å²) in [5.41, 5.74) is 0. The number of hydrogen-bond donors (Lipinski definition) is 0. The lowest BCUT2D eigenvalue weighted by Crippen LogP contribution is -2.53. The fourth-order valence-corrected chi connectivity index (χ4v) is 3.58. The van der Waals surface area contributed by atoms with Crippen LogP contribution in [0.3, 0.4) is 0 Å². The first-order chi connectivity index (χ1) is 10.7. The molecule has 6 nitrogen and oxygen atoms in total. The smallest absolute Gasteiger partial charge is 0.263 e. The van der Waals surface area contributed by atoms with E-state index in [9.17, 15) is 17.6 Å². The molecule has 0 saturated carbocycles. The van der Waals surface area contributed by atoms with Gasteiger partial charge in [0.2, 0.25) is 10.0 Å². The molecule has 0 N–H and O–H groups in total. The van der Waals surface area contributed by atoms with Crippen molar-refractivity contribution in [3.63, 3.8) is 0 Å². The zero-order valence-corrected chi connectivity index (χ0v) is 15.2. The van der Waals surface area contributed by atoms with E-state index in [1.54, 1.807) is 11.8 Å². The molecule has 0 aromatic heterocycles. The number of carbonyl (C=O) groups excluding carboxylic acids is 1. The summed E-state index contributed by atoms with van der Waals surface area (Å²) in [5, 5.41) is 0. The predicted octanol–water partition coefficient (Wildman–Crippen LogP) is 1.46. The van der Waals surface area contributed by atoms with Crippen LogP contribution in [0.2, 0.25) is 0 Å². The number of benzene rings is 1. The van der Waals surface area contributed by atoms with Crippen molar-refractivity contribution in [1.82, 2.24) is 9.21 Å². The fourth-order valence-electron chi connectivity index (χ4n) is 2.31. The van der Waals surface area contributed by atoms with E-state index < -0.39 is 21.9 Å². The van der Waals surface area contributed by atoms with Gasteiger partial charge in [0.15, 0.2) is 6.10 Å². The summed E-state index contributed by atoms with van der Waals surface area (Å²) in [6.07, 6.45) is 0.406. The minimum Gasteiger partial charge on any atom is -0.480 e. The molecule has 0 spiro atoms. The normalized spacial score (nSPS) is 17.8. The van der Waals surface area contributed by atoms with Gasteiger partial charge in [0.1, 0.15) is 11.6 Å². The van der Waals surface area contributed by atoms with Crippen LogP contribution in [0.25, 0.3) is 0 Å². The molecule has 9 heteroatoms. The van der Waals surface area contributed by atoms with E-state index in [0.717, 1.165) is 6.26 Å². The van der Waals surface area contributed by atoms with Gasteiger partial charge in [-0.25, -0.2) is 12.8 Å². The average molecular weight is 409 g/mol. The van der Waals surface area contributed by atoms with Crippen LogP contribution in [-0.2, 0) is 14.8 Å². The Kier molecular flexibility index (Phi) is 5.64. The zero-order chi connectivity index (χ0) is 17.2. The van der Waals surface area contributed by atoms with Crippen molar-refractivity contribution >= 4 is 31.9 Å². The lowest BCUT2D eigenvalue weighted by Gasteiger charge is -2.34. The molecule has 1 heterocycles. The van der Waals surface area contributed by atoms with Crippen LogP contribution in [-0.4, -0.2) is 62.1 Å². The summed E-state index contributed by atoms with van der Waals surface area (Å²) < 4.78 is 43.3. The summed E-state index contributed by atoms with van der Waals surface area (Å²) in [7, 11) is -3.23. The van der Waals surface area contributed by atoms with Crippen molar-refractivity contribution in [2.24, 2.45) is 0 Å². The van der Waals surface area contributed by atoms with Gasteiger partial charge in [0.05, 0.1) is 10.7 Å². The fraction of sp³-hybridized carbons (Fsp3) is 0.500. The molecule has 1 unspecified atom stereocenters. The molecular weight excluding hydrogens is 391 g/mol. The number of rotatable bonds is 4. The van der Waals surface area contributed by atoms with Crippen LogP contribution in [0, 0.1) is 5.82 Å². The molecule has 1 atom stereocenters. The maximum atomic E-state index is 13.1. The van der Waals surface area contributed by atoms with Crippen molar-refractivity contribution in [1.29, 1.82) is 0 Å². The molecule has 0 aliphatic carbocycles. The molecule has 1 aromatic carbocycles. The molecule has 1 aliphatic rings. The highest BCUT2D eigenvalue weighted by molar-refractivity contribution is 9.10. The predicted molar refractivity (Wildman–Crippen MR) is 87.2 cm³/mol. The van der Waals surface area contributed by atoms with Crippen molar-refractivity contribution in [2.75, 3.05) is 32.4 Å². The Labute approximate surface area is 143 Å². The van der Waals surface area contributed by atoms with E-state index in [4.69, 9.17) is 4.74 Å². The second-order valence-corrected chi connectivity index (χ2v) is 8.16. The van der Waals surface area contributed by atoms with E-state index in [0.29, 0.717) is 23.3 Å². The number of nitrogens with zero attached hydrogens (tertiary/aromatic N) is 2. The van der Waals surface area contributed by atoms with Crippen LogP contribution in [0.15, 0.2) is 22.7 Å². The summed E-state index contributed by atoms with van der Waals surface area (Å²) in [5.74, 6) is -0.253. The van der Waals surface area contributed by atoms with Crippen molar-refractivity contribution in [3.05, 3.63) is 28.5 Å². The number of amides is 1. The summed E-state index contributed by atoms with van der Waals surface area (Å²) in [6, 6.07) is 3.96. The Bertz CT molecular complexity index is 690. The molecule has 2 rings (SSSR count). The maximum Gasteiger partial charge on any atom is 0.263 e. The first-order valence-corrected chi connectivity index (χ1v) is 9.68. The number of halogens is 2. The van der Waals surface area contributed by atoms with E-state index >= 15 is 0 Å². The molecule has 1 saturated heterocycles. The van der Waals surface area contributed by atoms with Gasteiger partial charge in [-0.2, -0.15) is 4.31 Å². The number of ether oxygens (including phenoxy) is 1. The third kappa shape index (κ3) is 4.65. The molecule has 1 fully saturated rings. The van der Waals surface area contributed by atoms with Crippen LogP contribution < -0.4 is 4.74 Å². The second kappa shape index (κ2) is 7.14. The lowest BCUT2D eigenvalue weighted by atomic mass is 10.2. The first kappa shape index (κ1) is 18.2. The summed E-state index contributed by atoms with van der Waals surface area (Å²) >= 11 is 3.19. The highest BCUT2D eigenvalue weighted by Gasteiger charge is 2.29. The van der Waals surface area contributed by atoms with Crippen LogP contribution >= 0.6 is 15.9 Å². The van der Waals surface area contributed by atoms with Gasteiger partial charge in [-0.15, -0.1) is 0 Å². The Morgan fingerprint density at radius 1 is 1.30 bits per heavy atom. The van der Waals surface area contributed by atoms with E-state index in [1.807, 2.05) is 0 Å². The first-order valence-electron chi connectivity index (χ1n) is 7.04. The number of carbonyl (C=O) groups is 1. The topological polar surface area (TPSA) is 66.9 Å². The Morgan fingerprint density at radius 2 is 1.91 bits per heavy atom. The van der Waals surface area contributed by atoms with Gasteiger partial charge in [-0.05, 0) is 41.1 Å². The Morgan fingerprint density at radius 3 is 2.43 bits per heavy atom. The van der Waals surface area contributed by atoms with Crippen LogP contribution in [0.1, 0.15) is 6.92 Å². The molecule has 23 heavy (non-hydrogen) atoms. The number of piperazine rings is 1. The Hall–Kier alpha value is -1.19. The second-order valence-electron chi connectivity index (χ2n) is 5.32. The van der Waals surface area contributed by atoms with Gasteiger partial charge < -0.3 is 9.64 Å². The van der Waals surface area contributed by atoms with Crippen molar-refractivity contribution in [3.8, 4) is 5.75 Å². The monoisotopic (exact) mass is 408 g/mol. The highest BCUT2D eigenvalue weighted by atomic mass is 79.9. The minimum atomic E-state index is -3.23. The molecule has 128 valence electrons. The molecule has 0 bridgehead atoms. The quantitative estimate of drug-likeness (QED) is 0.756. The number of hydrogen-bond acceptors (Lipinski definition) is 4. The Balaban J connectivity index is 1.95. The molecule has 1 amide bonds. The number of sulfonamides is 1. The largest absolute Gasteiger partial charge is 0.480 e. The minimum absolute atomic E-state index is 0.227. The highest BCUT2D eigenvalue weighted by Crippen LogP contribution is 2.26. The van der Waals surface area contributed by atoms with Gasteiger partial charge in [-0.3, -0.25) is 4.79 Å². The van der Waals surface area contributed by atoms with Crippen LogP contribution in [0.5, 0.6) is 5.75 Å². The summed E-state index contributed by atoms with van der Waals surface area (Å²) in [4.78, 5) is 14.0. The van der Waals surface area contributed by atoms with Gasteiger partial charge in [0, 0.05) is 26.2 Å². The van der Waals surface area contributed by atoms with E-state index in [-0.39, 0.29) is 19.0 Å². The van der Waals surface area contributed by atoms with Gasteiger partial charge >= 0.3 is 0 Å². The third-order valence-corrected chi connectivity index (χ3v) is 5.49. The van der Waals surface area contributed by atoms with E-state index in [2.05, 4.69) is 15.9 Å². The van der Waals surface area contributed by atoms with E-state index in [1.165, 1.54) is 22.5 Å². The zero-order valence-electron chi connectivity index (χ0n) is 12.8. The van der Waals surface area contributed by atoms with Crippen molar-refractivity contribution in [2.45, 2.75) is 13.0 Å². The average Bonchev–Trinajstić information content (AvgIpc) is 2.48. The van der Waals surface area contributed by atoms with Gasteiger partial charge in [-0.1, -0.05) is 0 Å². The molecule has 1 aromatic rings. The van der Waals surface area contributed by atoms with Gasteiger partial charge in [0.25, 0.3) is 5.91 Å². The summed E-state index contributed by atoms with van der Waals surface area (Å²) in [6.45, 7) is 2.81. The molecule has 1 aliphatic heterocycles. The SMILES string of the molecule is CC(Oc1ccc(F)cc1Br)C(=O)N1CCN(S(C)(=O)=O)CC1. The lowest BCUT2D eigenvalue weighted by molar-refractivity contribution is -0.139. The maximum absolute atomic E-state index is 13.1. The third-order valence-electron chi connectivity index (χ3n) is 3.56. The van der Waals surface area contributed by atoms with Crippen LogP contribution in [0.4, 0.5) is 4.39 Å². The molecular formula is C14H18BrFN2O4S. The standard InChI is InChI=1S/C14H18BrFN2O4S/c1-10(22-13-4-3-11(16)9-12(13)15)14(19)17-5-7-18(8-6-17)23(2,20)21/h3-4,9-10H,5-8H2,1-2H3.